The van der Waals surface area contributed by atoms with Crippen molar-refractivity contribution in [2.75, 3.05) is 11.9 Å². The second-order valence-corrected chi connectivity index (χ2v) is 7.22. The molecule has 1 amide bonds. The fraction of sp³-hybridized carbons (Fsp3) is 0.263. The van der Waals surface area contributed by atoms with Crippen LogP contribution in [0.1, 0.15) is 27.5 Å². The van der Waals surface area contributed by atoms with Crippen LogP contribution in [0.2, 0.25) is 0 Å². The van der Waals surface area contributed by atoms with E-state index < -0.39 is 0 Å². The number of fused-ring (bicyclic) bond motifs is 1. The highest BCUT2D eigenvalue weighted by atomic mass is 32.1. The molecule has 138 valence electrons. The number of hydrogen-bond acceptors (Lipinski definition) is 6. The predicted octanol–water partition coefficient (Wildman–Crippen LogP) is 2.52. The number of carbonyl (C=O) groups is 1. The van der Waals surface area contributed by atoms with Crippen molar-refractivity contribution in [1.29, 1.82) is 0 Å². The van der Waals surface area contributed by atoms with Gasteiger partial charge in [-0.05, 0) is 37.5 Å². The van der Waals surface area contributed by atoms with Crippen molar-refractivity contribution in [3.05, 3.63) is 69.1 Å². The highest BCUT2D eigenvalue weighted by Crippen LogP contribution is 2.30. The Balaban J connectivity index is 1.41. The summed E-state index contributed by atoms with van der Waals surface area (Å²) in [6, 6.07) is 12.1. The number of ether oxygens (including phenoxy) is 1. The summed E-state index contributed by atoms with van der Waals surface area (Å²) < 4.78 is 6.82. The quantitative estimate of drug-likeness (QED) is 0.708. The van der Waals surface area contributed by atoms with E-state index in [0.717, 1.165) is 30.7 Å². The molecule has 1 N–H and O–H groups in total. The molecular formula is C19H18N4O3S. The standard InChI is InChI=1S/C19H18N4O3S/c24-17-10-9-15(18(25)21-19-20-14-7-4-8-16(14)27-19)22-23(17)11-12-26-13-5-2-1-3-6-13/h1-3,5-6,9-10H,4,7-8,11-12H2,(H,20,21,25). The summed E-state index contributed by atoms with van der Waals surface area (Å²) in [5, 5.41) is 7.51. The molecule has 4 rings (SSSR count). The number of aromatic nitrogens is 3. The monoisotopic (exact) mass is 382 g/mol. The van der Waals surface area contributed by atoms with Crippen LogP contribution in [0.3, 0.4) is 0 Å². The molecule has 0 saturated heterocycles. The van der Waals surface area contributed by atoms with Gasteiger partial charge in [-0.3, -0.25) is 14.9 Å². The summed E-state index contributed by atoms with van der Waals surface area (Å²) in [6.07, 6.45) is 3.11. The molecule has 2 aromatic heterocycles. The number of rotatable bonds is 6. The number of para-hydroxylation sites is 1. The van der Waals surface area contributed by atoms with Gasteiger partial charge in [-0.1, -0.05) is 18.2 Å². The van der Waals surface area contributed by atoms with Crippen molar-refractivity contribution in [2.24, 2.45) is 0 Å². The number of hydrogen-bond donors (Lipinski definition) is 1. The molecule has 0 aliphatic heterocycles. The zero-order valence-electron chi connectivity index (χ0n) is 14.6. The van der Waals surface area contributed by atoms with Crippen LogP contribution < -0.4 is 15.6 Å². The van der Waals surface area contributed by atoms with Gasteiger partial charge in [-0.2, -0.15) is 5.10 Å². The van der Waals surface area contributed by atoms with E-state index in [1.165, 1.54) is 33.0 Å². The number of aryl methyl sites for hydroxylation is 2. The summed E-state index contributed by atoms with van der Waals surface area (Å²) in [6.45, 7) is 0.529. The minimum Gasteiger partial charge on any atom is -0.492 e. The topological polar surface area (TPSA) is 86.1 Å². The van der Waals surface area contributed by atoms with E-state index in [0.29, 0.717) is 5.13 Å². The van der Waals surface area contributed by atoms with Crippen molar-refractivity contribution in [3.63, 3.8) is 0 Å². The number of thiazole rings is 1. The number of nitrogens with one attached hydrogen (secondary N) is 1. The fourth-order valence-electron chi connectivity index (χ4n) is 2.90. The van der Waals surface area contributed by atoms with E-state index in [-0.39, 0.29) is 30.3 Å². The van der Waals surface area contributed by atoms with Crippen LogP contribution in [0.15, 0.2) is 47.3 Å². The van der Waals surface area contributed by atoms with Gasteiger partial charge in [0.1, 0.15) is 18.1 Å². The van der Waals surface area contributed by atoms with Crippen LogP contribution in [0.5, 0.6) is 5.75 Å². The third-order valence-electron chi connectivity index (χ3n) is 4.23. The highest BCUT2D eigenvalue weighted by molar-refractivity contribution is 7.15. The van der Waals surface area contributed by atoms with Crippen LogP contribution in [-0.2, 0) is 19.4 Å². The summed E-state index contributed by atoms with van der Waals surface area (Å²) in [5.74, 6) is 0.344. The molecule has 0 radical (unpaired) electrons. The maximum absolute atomic E-state index is 12.4. The van der Waals surface area contributed by atoms with Gasteiger partial charge < -0.3 is 4.74 Å². The van der Waals surface area contributed by atoms with Gasteiger partial charge in [-0.15, -0.1) is 11.3 Å². The lowest BCUT2D eigenvalue weighted by molar-refractivity contribution is 0.101. The minimum absolute atomic E-state index is 0.171. The van der Waals surface area contributed by atoms with Crippen LogP contribution in [0, 0.1) is 0 Å². The summed E-state index contributed by atoms with van der Waals surface area (Å²) in [7, 11) is 0. The molecule has 0 atom stereocenters. The predicted molar refractivity (Wildman–Crippen MR) is 103 cm³/mol. The Bertz CT molecular complexity index is 992. The Morgan fingerprint density at radius 3 is 2.85 bits per heavy atom. The second kappa shape index (κ2) is 7.71. The van der Waals surface area contributed by atoms with E-state index in [1.54, 1.807) is 0 Å². The van der Waals surface area contributed by atoms with Crippen molar-refractivity contribution < 1.29 is 9.53 Å². The second-order valence-electron chi connectivity index (χ2n) is 6.14. The number of amides is 1. The lowest BCUT2D eigenvalue weighted by Gasteiger charge is -2.08. The first-order valence-electron chi connectivity index (χ1n) is 8.75. The minimum atomic E-state index is -0.375. The zero-order valence-corrected chi connectivity index (χ0v) is 15.4. The molecule has 0 fully saturated rings. The van der Waals surface area contributed by atoms with Gasteiger partial charge in [0.25, 0.3) is 11.5 Å². The molecule has 3 aromatic rings. The molecule has 1 aromatic carbocycles. The number of nitrogens with zero attached hydrogens (tertiary/aromatic N) is 3. The first kappa shape index (κ1) is 17.4. The molecule has 7 nitrogen and oxygen atoms in total. The fourth-order valence-corrected chi connectivity index (χ4v) is 3.95. The van der Waals surface area contributed by atoms with Crippen LogP contribution >= 0.6 is 11.3 Å². The zero-order chi connectivity index (χ0) is 18.6. The van der Waals surface area contributed by atoms with Crippen molar-refractivity contribution >= 4 is 22.4 Å². The average Bonchev–Trinajstić information content (AvgIpc) is 3.25. The van der Waals surface area contributed by atoms with Crippen LogP contribution in [-0.4, -0.2) is 27.3 Å². The molecule has 1 aliphatic carbocycles. The lowest BCUT2D eigenvalue weighted by Crippen LogP contribution is -2.28. The summed E-state index contributed by atoms with van der Waals surface area (Å²) in [5.41, 5.74) is 0.965. The van der Waals surface area contributed by atoms with E-state index in [2.05, 4.69) is 15.4 Å². The highest BCUT2D eigenvalue weighted by Gasteiger charge is 2.19. The van der Waals surface area contributed by atoms with Crippen LogP contribution in [0.4, 0.5) is 5.13 Å². The number of carbonyl (C=O) groups excluding carboxylic acids is 1. The maximum atomic E-state index is 12.4. The Morgan fingerprint density at radius 1 is 1.19 bits per heavy atom. The molecule has 0 unspecified atom stereocenters. The number of benzene rings is 1. The third kappa shape index (κ3) is 4.06. The molecule has 27 heavy (non-hydrogen) atoms. The largest absolute Gasteiger partial charge is 0.492 e. The average molecular weight is 382 g/mol. The normalized spacial score (nSPS) is 12.6. The van der Waals surface area contributed by atoms with Gasteiger partial charge >= 0.3 is 0 Å². The molecule has 2 heterocycles. The van der Waals surface area contributed by atoms with Crippen molar-refractivity contribution in [2.45, 2.75) is 25.8 Å². The summed E-state index contributed by atoms with van der Waals surface area (Å²) >= 11 is 1.50. The SMILES string of the molecule is O=C(Nc1nc2c(s1)CCC2)c1ccc(=O)n(CCOc2ccccc2)n1. The first-order chi connectivity index (χ1) is 13.2. The van der Waals surface area contributed by atoms with Gasteiger partial charge in [0.15, 0.2) is 5.13 Å². The Labute approximate surface area is 159 Å². The molecule has 0 saturated carbocycles. The molecule has 8 heteroatoms. The Hall–Kier alpha value is -3.00. The van der Waals surface area contributed by atoms with E-state index in [9.17, 15) is 9.59 Å². The van der Waals surface area contributed by atoms with Crippen LogP contribution in [0.25, 0.3) is 0 Å². The molecule has 0 spiro atoms. The van der Waals surface area contributed by atoms with Gasteiger partial charge in [-0.25, -0.2) is 9.67 Å². The Kier molecular flexibility index (Phi) is 4.97. The van der Waals surface area contributed by atoms with E-state index in [1.807, 2.05) is 30.3 Å². The Morgan fingerprint density at radius 2 is 2.04 bits per heavy atom. The van der Waals surface area contributed by atoms with Crippen molar-refractivity contribution in [1.82, 2.24) is 14.8 Å². The van der Waals surface area contributed by atoms with E-state index >= 15 is 0 Å². The first-order valence-corrected chi connectivity index (χ1v) is 9.56. The molecular weight excluding hydrogens is 364 g/mol. The van der Waals surface area contributed by atoms with Gasteiger partial charge in [0.05, 0.1) is 12.2 Å². The van der Waals surface area contributed by atoms with Crippen molar-refractivity contribution in [3.8, 4) is 5.75 Å². The maximum Gasteiger partial charge on any atom is 0.277 e. The van der Waals surface area contributed by atoms with Gasteiger partial charge in [0.2, 0.25) is 0 Å². The molecule has 0 bridgehead atoms. The number of anilines is 1. The van der Waals surface area contributed by atoms with Gasteiger partial charge in [0, 0.05) is 10.9 Å². The van der Waals surface area contributed by atoms with E-state index in [4.69, 9.17) is 4.74 Å². The third-order valence-corrected chi connectivity index (χ3v) is 5.30. The lowest BCUT2D eigenvalue weighted by atomic mass is 10.3. The molecule has 1 aliphatic rings. The smallest absolute Gasteiger partial charge is 0.277 e. The summed E-state index contributed by atoms with van der Waals surface area (Å²) in [4.78, 5) is 30.1.